The van der Waals surface area contributed by atoms with Crippen molar-refractivity contribution in [3.63, 3.8) is 0 Å². The van der Waals surface area contributed by atoms with Gasteiger partial charge in [-0.1, -0.05) is 0 Å². The van der Waals surface area contributed by atoms with Crippen LogP contribution in [-0.4, -0.2) is 38.6 Å². The number of ether oxygens (including phenoxy) is 1. The van der Waals surface area contributed by atoms with Crippen molar-refractivity contribution in [3.05, 3.63) is 22.5 Å². The van der Waals surface area contributed by atoms with Crippen molar-refractivity contribution in [3.8, 4) is 0 Å². The smallest absolute Gasteiger partial charge is 0.353 e. The van der Waals surface area contributed by atoms with Gasteiger partial charge in [-0.3, -0.25) is 0 Å². The number of aliphatic hydroxyl groups excluding tert-OH is 2. The van der Waals surface area contributed by atoms with E-state index in [-0.39, 0.29) is 12.2 Å². The van der Waals surface area contributed by atoms with E-state index in [9.17, 15) is 14.3 Å². The number of rotatable bonds is 2. The second kappa shape index (κ2) is 4.40. The predicted molar refractivity (Wildman–Crippen MR) is 54.5 cm³/mol. The van der Waals surface area contributed by atoms with E-state index in [2.05, 4.69) is 4.98 Å². The predicted octanol–water partition coefficient (Wildman–Crippen LogP) is -1.39. The van der Waals surface area contributed by atoms with Crippen LogP contribution in [-0.2, 0) is 4.74 Å². The van der Waals surface area contributed by atoms with Crippen LogP contribution >= 0.6 is 0 Å². The fourth-order valence-corrected chi connectivity index (χ4v) is 1.78. The molecule has 1 aromatic rings. The Labute approximate surface area is 95.3 Å². The minimum absolute atomic E-state index is 0.00759. The summed E-state index contributed by atoms with van der Waals surface area (Å²) < 4.78 is 19.4. The van der Waals surface area contributed by atoms with Gasteiger partial charge in [0.2, 0.25) is 5.95 Å². The highest BCUT2D eigenvalue weighted by Gasteiger charge is 2.36. The number of halogens is 1. The van der Waals surface area contributed by atoms with Crippen LogP contribution in [0.1, 0.15) is 12.6 Å². The Kier molecular flexibility index (Phi) is 3.09. The van der Waals surface area contributed by atoms with Gasteiger partial charge in [-0.05, 0) is 0 Å². The number of hydrogen-bond acceptors (Lipinski definition) is 6. The van der Waals surface area contributed by atoms with E-state index in [1.165, 1.54) is 0 Å². The number of nitrogens with zero attached hydrogens (tertiary/aromatic N) is 2. The molecule has 3 atom stereocenters. The van der Waals surface area contributed by atoms with E-state index in [0.29, 0.717) is 4.57 Å². The summed E-state index contributed by atoms with van der Waals surface area (Å²) in [6.45, 7) is -0.406. The normalized spacial score (nSPS) is 28.5. The van der Waals surface area contributed by atoms with Gasteiger partial charge in [-0.2, -0.15) is 9.37 Å². The number of hydrogen-bond donors (Lipinski definition) is 3. The monoisotopic (exact) mass is 245 g/mol. The lowest BCUT2D eigenvalue weighted by Crippen LogP contribution is -2.30. The minimum atomic E-state index is -0.984. The van der Waals surface area contributed by atoms with Gasteiger partial charge in [0, 0.05) is 12.5 Å². The highest BCUT2D eigenvalue weighted by Crippen LogP contribution is 2.28. The van der Waals surface area contributed by atoms with Crippen molar-refractivity contribution >= 4 is 5.82 Å². The van der Waals surface area contributed by atoms with Crippen molar-refractivity contribution in [1.29, 1.82) is 0 Å². The van der Waals surface area contributed by atoms with Crippen molar-refractivity contribution in [2.24, 2.45) is 0 Å². The maximum atomic E-state index is 13.5. The third-order valence-electron chi connectivity index (χ3n) is 2.60. The number of nitrogens with two attached hydrogens (primary N) is 1. The average Bonchev–Trinajstić information content (AvgIpc) is 2.57. The first-order chi connectivity index (χ1) is 8.02. The van der Waals surface area contributed by atoms with Crippen LogP contribution < -0.4 is 11.4 Å². The Balaban J connectivity index is 2.34. The summed E-state index contributed by atoms with van der Waals surface area (Å²) in [5, 5.41) is 18.4. The zero-order valence-corrected chi connectivity index (χ0v) is 8.78. The maximum Gasteiger partial charge on any atom is 0.353 e. The second-order valence-electron chi connectivity index (χ2n) is 3.77. The van der Waals surface area contributed by atoms with Gasteiger partial charge in [-0.15, -0.1) is 0 Å². The van der Waals surface area contributed by atoms with E-state index in [1.807, 2.05) is 0 Å². The molecule has 0 radical (unpaired) electrons. The van der Waals surface area contributed by atoms with Gasteiger partial charge in [-0.25, -0.2) is 9.36 Å². The molecule has 7 nitrogen and oxygen atoms in total. The van der Waals surface area contributed by atoms with Gasteiger partial charge < -0.3 is 20.7 Å². The summed E-state index contributed by atoms with van der Waals surface area (Å²) in [4.78, 5) is 14.8. The van der Waals surface area contributed by atoms with Crippen molar-refractivity contribution in [1.82, 2.24) is 9.55 Å². The molecule has 1 aliphatic rings. The summed E-state index contributed by atoms with van der Waals surface area (Å²) in [7, 11) is 0. The van der Waals surface area contributed by atoms with Crippen LogP contribution in [0.15, 0.2) is 10.9 Å². The van der Waals surface area contributed by atoms with Crippen LogP contribution in [0.5, 0.6) is 0 Å². The molecule has 4 N–H and O–H groups in total. The lowest BCUT2D eigenvalue weighted by Gasteiger charge is -2.15. The summed E-state index contributed by atoms with van der Waals surface area (Å²) >= 11 is 0. The molecule has 1 unspecified atom stereocenters. The van der Waals surface area contributed by atoms with E-state index in [1.54, 1.807) is 0 Å². The Morgan fingerprint density at radius 1 is 1.71 bits per heavy atom. The molecule has 17 heavy (non-hydrogen) atoms. The maximum absolute atomic E-state index is 13.5. The van der Waals surface area contributed by atoms with E-state index >= 15 is 0 Å². The molecule has 0 saturated carbocycles. The molecule has 0 bridgehead atoms. The first kappa shape index (κ1) is 12.0. The molecular weight excluding hydrogens is 233 g/mol. The number of anilines is 1. The molecule has 2 rings (SSSR count). The van der Waals surface area contributed by atoms with Gasteiger partial charge in [0.25, 0.3) is 0 Å². The SMILES string of the molecule is Nc1cc(F)n([C@H]2CC(O)[C@@H](CO)O2)c(=O)n1. The fourth-order valence-electron chi connectivity index (χ4n) is 1.78. The zero-order chi connectivity index (χ0) is 12.6. The van der Waals surface area contributed by atoms with Gasteiger partial charge in [0.1, 0.15) is 18.1 Å². The molecule has 1 aromatic heterocycles. The molecule has 94 valence electrons. The molecule has 1 fully saturated rings. The Hall–Kier alpha value is -1.51. The molecule has 0 aliphatic carbocycles. The van der Waals surface area contributed by atoms with Gasteiger partial charge in [0.15, 0.2) is 0 Å². The van der Waals surface area contributed by atoms with Crippen molar-refractivity contribution in [2.75, 3.05) is 12.3 Å². The zero-order valence-electron chi connectivity index (χ0n) is 8.78. The third-order valence-corrected chi connectivity index (χ3v) is 2.60. The van der Waals surface area contributed by atoms with Crippen LogP contribution in [0, 0.1) is 5.95 Å². The number of aromatic nitrogens is 2. The highest BCUT2D eigenvalue weighted by molar-refractivity contribution is 5.24. The molecule has 0 aromatic carbocycles. The molecule has 1 saturated heterocycles. The van der Waals surface area contributed by atoms with Crippen LogP contribution in [0.25, 0.3) is 0 Å². The second-order valence-corrected chi connectivity index (χ2v) is 3.77. The summed E-state index contributed by atoms with van der Waals surface area (Å²) in [6, 6.07) is 0.892. The third kappa shape index (κ3) is 2.14. The van der Waals surface area contributed by atoms with E-state index in [4.69, 9.17) is 15.6 Å². The largest absolute Gasteiger partial charge is 0.394 e. The first-order valence-electron chi connectivity index (χ1n) is 5.02. The molecule has 0 spiro atoms. The summed E-state index contributed by atoms with van der Waals surface area (Å²) in [6.07, 6.45) is -2.76. The van der Waals surface area contributed by atoms with Crippen molar-refractivity contribution in [2.45, 2.75) is 24.9 Å². The topological polar surface area (TPSA) is 111 Å². The van der Waals surface area contributed by atoms with Gasteiger partial charge >= 0.3 is 5.69 Å². The molecule has 1 aliphatic heterocycles. The van der Waals surface area contributed by atoms with Crippen LogP contribution in [0.2, 0.25) is 0 Å². The summed E-state index contributed by atoms with van der Waals surface area (Å²) in [5.74, 6) is -1.11. The number of aliphatic hydroxyl groups is 2. The Morgan fingerprint density at radius 3 is 2.94 bits per heavy atom. The van der Waals surface area contributed by atoms with Crippen LogP contribution in [0.3, 0.4) is 0 Å². The quantitative estimate of drug-likeness (QED) is 0.553. The highest BCUT2D eigenvalue weighted by atomic mass is 19.1. The van der Waals surface area contributed by atoms with E-state index in [0.717, 1.165) is 6.07 Å². The first-order valence-corrected chi connectivity index (χ1v) is 5.02. The molecule has 0 amide bonds. The van der Waals surface area contributed by atoms with Gasteiger partial charge in [0.05, 0.1) is 12.7 Å². The lowest BCUT2D eigenvalue weighted by molar-refractivity contribution is -0.0493. The van der Waals surface area contributed by atoms with Crippen molar-refractivity contribution < 1.29 is 19.3 Å². The summed E-state index contributed by atoms with van der Waals surface area (Å²) in [5.41, 5.74) is 4.32. The number of nitrogen functional groups attached to an aromatic ring is 1. The average molecular weight is 245 g/mol. The Morgan fingerprint density at radius 2 is 2.41 bits per heavy atom. The van der Waals surface area contributed by atoms with Crippen LogP contribution in [0.4, 0.5) is 10.2 Å². The fraction of sp³-hybridized carbons (Fsp3) is 0.556. The standard InChI is InChI=1S/C9H12FN3O4/c10-6-2-7(11)12-9(16)13(6)8-1-4(15)5(3-14)17-8/h2,4-5,8,14-15H,1,3H2,(H2,11,12,16)/t4?,5-,8-/m1/s1. The Bertz CT molecular complexity index is 478. The molecular formula is C9H12FN3O4. The molecule has 8 heteroatoms. The molecule has 2 heterocycles. The lowest BCUT2D eigenvalue weighted by atomic mass is 10.2. The minimum Gasteiger partial charge on any atom is -0.394 e. The van der Waals surface area contributed by atoms with E-state index < -0.39 is 36.7 Å².